The van der Waals surface area contributed by atoms with E-state index in [1.54, 1.807) is 0 Å². The number of anilines is 1. The summed E-state index contributed by atoms with van der Waals surface area (Å²) in [4.78, 5) is 11.4. The Bertz CT molecular complexity index is 349. The lowest BCUT2D eigenvalue weighted by Crippen LogP contribution is -2.23. The highest BCUT2D eigenvalue weighted by Crippen LogP contribution is 1.99. The Morgan fingerprint density at radius 1 is 1.71 bits per heavy atom. The van der Waals surface area contributed by atoms with Crippen LogP contribution >= 0.6 is 0 Å². The van der Waals surface area contributed by atoms with Gasteiger partial charge in [0.2, 0.25) is 0 Å². The zero-order valence-electron chi connectivity index (χ0n) is 8.29. The summed E-state index contributed by atoms with van der Waals surface area (Å²) < 4.78 is 0. The van der Waals surface area contributed by atoms with Crippen molar-refractivity contribution < 1.29 is 4.79 Å². The van der Waals surface area contributed by atoms with Crippen molar-refractivity contribution in [2.24, 2.45) is 0 Å². The fourth-order valence-electron chi connectivity index (χ4n) is 0.897. The Morgan fingerprint density at radius 3 is 2.93 bits per heavy atom. The van der Waals surface area contributed by atoms with Crippen molar-refractivity contribution >= 4 is 11.7 Å². The van der Waals surface area contributed by atoms with Crippen LogP contribution in [0.2, 0.25) is 0 Å². The van der Waals surface area contributed by atoms with Crippen LogP contribution in [0.3, 0.4) is 0 Å². The largest absolute Gasteiger partial charge is 0.382 e. The molecule has 0 aliphatic heterocycles. The van der Waals surface area contributed by atoms with Crippen LogP contribution in [0.5, 0.6) is 0 Å². The molecule has 0 saturated carbocycles. The molecular formula is C9H14N4O. The van der Waals surface area contributed by atoms with E-state index in [4.69, 9.17) is 5.73 Å². The number of nitrogen functional groups attached to an aromatic ring is 1. The van der Waals surface area contributed by atoms with Crippen molar-refractivity contribution in [2.45, 2.75) is 13.8 Å². The molecule has 0 aliphatic rings. The van der Waals surface area contributed by atoms with Crippen LogP contribution in [-0.4, -0.2) is 22.6 Å². The van der Waals surface area contributed by atoms with E-state index in [0.717, 1.165) is 5.57 Å². The van der Waals surface area contributed by atoms with Gasteiger partial charge >= 0.3 is 0 Å². The Hall–Kier alpha value is -1.78. The third kappa shape index (κ3) is 2.93. The first kappa shape index (κ1) is 10.3. The van der Waals surface area contributed by atoms with Crippen LogP contribution in [0.1, 0.15) is 24.3 Å². The molecule has 4 N–H and O–H groups in total. The number of aromatic amines is 1. The highest BCUT2D eigenvalue weighted by Gasteiger charge is 2.06. The Balaban J connectivity index is 2.47. The van der Waals surface area contributed by atoms with Crippen molar-refractivity contribution in [3.63, 3.8) is 0 Å². The third-order valence-electron chi connectivity index (χ3n) is 1.62. The molecule has 1 aromatic rings. The van der Waals surface area contributed by atoms with Crippen molar-refractivity contribution in [3.05, 3.63) is 23.4 Å². The lowest BCUT2D eigenvalue weighted by Gasteiger charge is -1.98. The minimum atomic E-state index is -0.202. The second-order valence-electron chi connectivity index (χ2n) is 3.20. The summed E-state index contributed by atoms with van der Waals surface area (Å²) in [6, 6.07) is 1.50. The zero-order chi connectivity index (χ0) is 10.6. The molecule has 0 bridgehead atoms. The number of H-pyrrole nitrogens is 1. The molecule has 1 heterocycles. The molecule has 0 saturated heterocycles. The maximum absolute atomic E-state index is 11.4. The fraction of sp³-hybridized carbons (Fsp3) is 0.333. The summed E-state index contributed by atoms with van der Waals surface area (Å²) in [7, 11) is 0. The SMILES string of the molecule is CC(C)=CCNC(=O)c1cc(N)n[nH]1. The minimum absolute atomic E-state index is 0.202. The van der Waals surface area contributed by atoms with Gasteiger partial charge in [0.05, 0.1) is 0 Å². The van der Waals surface area contributed by atoms with Crippen LogP contribution in [-0.2, 0) is 0 Å². The van der Waals surface area contributed by atoms with Gasteiger partial charge in [-0.1, -0.05) is 11.6 Å². The maximum Gasteiger partial charge on any atom is 0.269 e. The van der Waals surface area contributed by atoms with E-state index in [1.807, 2.05) is 19.9 Å². The van der Waals surface area contributed by atoms with Gasteiger partial charge in [-0.2, -0.15) is 5.10 Å². The smallest absolute Gasteiger partial charge is 0.269 e. The molecule has 0 unspecified atom stereocenters. The second-order valence-corrected chi connectivity index (χ2v) is 3.20. The summed E-state index contributed by atoms with van der Waals surface area (Å²) in [6.45, 7) is 4.46. The van der Waals surface area contributed by atoms with Crippen LogP contribution in [0.15, 0.2) is 17.7 Å². The van der Waals surface area contributed by atoms with Crippen LogP contribution in [0.25, 0.3) is 0 Å². The number of hydrogen-bond acceptors (Lipinski definition) is 3. The third-order valence-corrected chi connectivity index (χ3v) is 1.62. The number of nitrogens with two attached hydrogens (primary N) is 1. The minimum Gasteiger partial charge on any atom is -0.382 e. The monoisotopic (exact) mass is 194 g/mol. The molecule has 76 valence electrons. The van der Waals surface area contributed by atoms with E-state index in [1.165, 1.54) is 6.07 Å². The molecule has 5 heteroatoms. The van der Waals surface area contributed by atoms with Gasteiger partial charge in [0, 0.05) is 12.6 Å². The normalized spacial score (nSPS) is 9.57. The van der Waals surface area contributed by atoms with Crippen molar-refractivity contribution in [2.75, 3.05) is 12.3 Å². The molecule has 0 spiro atoms. The van der Waals surface area contributed by atoms with E-state index < -0.39 is 0 Å². The molecule has 0 aromatic carbocycles. The summed E-state index contributed by atoms with van der Waals surface area (Å²) in [6.07, 6.45) is 1.93. The molecule has 14 heavy (non-hydrogen) atoms. The summed E-state index contributed by atoms with van der Waals surface area (Å²) in [5, 5.41) is 8.89. The number of carbonyl (C=O) groups is 1. The average molecular weight is 194 g/mol. The molecule has 1 aromatic heterocycles. The number of aromatic nitrogens is 2. The molecule has 1 rings (SSSR count). The number of carbonyl (C=O) groups excluding carboxylic acids is 1. The van der Waals surface area contributed by atoms with Gasteiger partial charge in [-0.15, -0.1) is 0 Å². The lowest BCUT2D eigenvalue weighted by molar-refractivity contribution is 0.0953. The van der Waals surface area contributed by atoms with Gasteiger partial charge in [-0.3, -0.25) is 9.89 Å². The quantitative estimate of drug-likeness (QED) is 0.619. The van der Waals surface area contributed by atoms with E-state index in [2.05, 4.69) is 15.5 Å². The average Bonchev–Trinajstić information content (AvgIpc) is 2.51. The predicted molar refractivity (Wildman–Crippen MR) is 54.8 cm³/mol. The molecular weight excluding hydrogens is 180 g/mol. The maximum atomic E-state index is 11.4. The Labute approximate surface area is 82.4 Å². The molecule has 0 atom stereocenters. The van der Waals surface area contributed by atoms with E-state index >= 15 is 0 Å². The molecule has 5 nitrogen and oxygen atoms in total. The first-order valence-corrected chi connectivity index (χ1v) is 4.32. The Kier molecular flexibility index (Phi) is 3.28. The number of nitrogens with one attached hydrogen (secondary N) is 2. The van der Waals surface area contributed by atoms with E-state index in [9.17, 15) is 4.79 Å². The number of nitrogens with zero attached hydrogens (tertiary/aromatic N) is 1. The van der Waals surface area contributed by atoms with Crippen molar-refractivity contribution in [1.82, 2.24) is 15.5 Å². The van der Waals surface area contributed by atoms with Gasteiger partial charge in [-0.05, 0) is 13.8 Å². The highest BCUT2D eigenvalue weighted by molar-refractivity contribution is 5.92. The number of amides is 1. The van der Waals surface area contributed by atoms with Crippen LogP contribution in [0, 0.1) is 0 Å². The van der Waals surface area contributed by atoms with Gasteiger partial charge in [0.15, 0.2) is 0 Å². The molecule has 0 fully saturated rings. The fourth-order valence-corrected chi connectivity index (χ4v) is 0.897. The first-order valence-electron chi connectivity index (χ1n) is 4.32. The number of rotatable bonds is 3. The van der Waals surface area contributed by atoms with Crippen LogP contribution < -0.4 is 11.1 Å². The number of hydrogen-bond donors (Lipinski definition) is 3. The molecule has 1 amide bonds. The standard InChI is InChI=1S/C9H14N4O/c1-6(2)3-4-11-9(14)7-5-8(10)13-12-7/h3,5H,4H2,1-2H3,(H,11,14)(H3,10,12,13). The Morgan fingerprint density at radius 2 is 2.43 bits per heavy atom. The zero-order valence-corrected chi connectivity index (χ0v) is 8.29. The predicted octanol–water partition coefficient (Wildman–Crippen LogP) is 0.688. The van der Waals surface area contributed by atoms with E-state index in [0.29, 0.717) is 18.1 Å². The molecule has 0 radical (unpaired) electrons. The first-order chi connectivity index (χ1) is 6.59. The van der Waals surface area contributed by atoms with Crippen molar-refractivity contribution in [3.8, 4) is 0 Å². The van der Waals surface area contributed by atoms with Gasteiger partial charge in [0.25, 0.3) is 5.91 Å². The van der Waals surface area contributed by atoms with Gasteiger partial charge < -0.3 is 11.1 Å². The van der Waals surface area contributed by atoms with Crippen LogP contribution in [0.4, 0.5) is 5.82 Å². The van der Waals surface area contributed by atoms with Gasteiger partial charge in [-0.25, -0.2) is 0 Å². The summed E-state index contributed by atoms with van der Waals surface area (Å²) in [5.41, 5.74) is 6.90. The van der Waals surface area contributed by atoms with Gasteiger partial charge in [0.1, 0.15) is 11.5 Å². The summed E-state index contributed by atoms with van der Waals surface area (Å²) >= 11 is 0. The number of allylic oxidation sites excluding steroid dienone is 1. The van der Waals surface area contributed by atoms with E-state index in [-0.39, 0.29) is 5.91 Å². The van der Waals surface area contributed by atoms with Crippen molar-refractivity contribution in [1.29, 1.82) is 0 Å². The molecule has 0 aliphatic carbocycles. The second kappa shape index (κ2) is 4.45. The highest BCUT2D eigenvalue weighted by atomic mass is 16.1. The summed E-state index contributed by atoms with van der Waals surface area (Å²) in [5.74, 6) is 0.115. The topological polar surface area (TPSA) is 83.8 Å². The lowest BCUT2D eigenvalue weighted by atomic mass is 10.3.